The van der Waals surface area contributed by atoms with Gasteiger partial charge in [-0.15, -0.1) is 11.3 Å². The molecule has 116 valence electrons. The second kappa shape index (κ2) is 7.42. The normalized spacial score (nSPS) is 12.6. The highest BCUT2D eigenvalue weighted by Crippen LogP contribution is 2.31. The SMILES string of the molecule is CCNC(Cc1c(Br)c(CC)nn1C)c1cc(OC)cs1. The predicted octanol–water partition coefficient (Wildman–Crippen LogP) is 3.71. The van der Waals surface area contributed by atoms with Crippen molar-refractivity contribution >= 4 is 27.3 Å². The Morgan fingerprint density at radius 1 is 1.48 bits per heavy atom. The first-order valence-corrected chi connectivity index (χ1v) is 8.83. The van der Waals surface area contributed by atoms with Crippen LogP contribution in [-0.2, 0) is 19.9 Å². The molecule has 0 spiro atoms. The summed E-state index contributed by atoms with van der Waals surface area (Å²) < 4.78 is 8.42. The summed E-state index contributed by atoms with van der Waals surface area (Å²) in [6.45, 7) is 5.19. The minimum Gasteiger partial charge on any atom is -0.496 e. The number of hydrogen-bond acceptors (Lipinski definition) is 4. The van der Waals surface area contributed by atoms with Gasteiger partial charge in [-0.1, -0.05) is 13.8 Å². The average molecular weight is 372 g/mol. The van der Waals surface area contributed by atoms with Gasteiger partial charge in [-0.25, -0.2) is 0 Å². The minimum absolute atomic E-state index is 0.278. The fraction of sp³-hybridized carbons (Fsp3) is 0.533. The molecule has 0 saturated heterocycles. The number of ether oxygens (including phenoxy) is 1. The van der Waals surface area contributed by atoms with Crippen LogP contribution in [0.25, 0.3) is 0 Å². The Kier molecular flexibility index (Phi) is 5.84. The van der Waals surface area contributed by atoms with E-state index >= 15 is 0 Å². The molecule has 1 atom stereocenters. The van der Waals surface area contributed by atoms with E-state index in [1.165, 1.54) is 10.6 Å². The van der Waals surface area contributed by atoms with Crippen molar-refractivity contribution in [3.8, 4) is 5.75 Å². The number of methoxy groups -OCH3 is 1. The van der Waals surface area contributed by atoms with Crippen LogP contribution >= 0.6 is 27.3 Å². The molecule has 1 unspecified atom stereocenters. The fourth-order valence-corrected chi connectivity index (χ4v) is 4.09. The van der Waals surface area contributed by atoms with E-state index in [-0.39, 0.29) is 6.04 Å². The molecule has 0 aliphatic rings. The van der Waals surface area contributed by atoms with Gasteiger partial charge in [-0.2, -0.15) is 5.10 Å². The van der Waals surface area contributed by atoms with Gasteiger partial charge in [0.05, 0.1) is 23.0 Å². The van der Waals surface area contributed by atoms with Crippen molar-refractivity contribution in [3.05, 3.63) is 32.2 Å². The second-order valence-corrected chi connectivity index (χ2v) is 6.62. The van der Waals surface area contributed by atoms with Gasteiger partial charge in [0.15, 0.2) is 0 Å². The van der Waals surface area contributed by atoms with Crippen LogP contribution in [0.3, 0.4) is 0 Å². The second-order valence-electron chi connectivity index (χ2n) is 4.89. The molecular weight excluding hydrogens is 350 g/mol. The van der Waals surface area contributed by atoms with Gasteiger partial charge in [0.25, 0.3) is 0 Å². The third kappa shape index (κ3) is 3.67. The summed E-state index contributed by atoms with van der Waals surface area (Å²) in [4.78, 5) is 1.29. The topological polar surface area (TPSA) is 39.1 Å². The number of thiophene rings is 1. The molecule has 0 bridgehead atoms. The molecule has 0 aliphatic carbocycles. The van der Waals surface area contributed by atoms with E-state index in [1.54, 1.807) is 18.4 Å². The van der Waals surface area contributed by atoms with Crippen LogP contribution in [0.1, 0.15) is 36.2 Å². The zero-order valence-electron chi connectivity index (χ0n) is 12.9. The lowest BCUT2D eigenvalue weighted by Gasteiger charge is -2.16. The highest BCUT2D eigenvalue weighted by molar-refractivity contribution is 9.10. The Morgan fingerprint density at radius 3 is 2.76 bits per heavy atom. The number of halogens is 1. The maximum absolute atomic E-state index is 5.30. The highest BCUT2D eigenvalue weighted by Gasteiger charge is 2.20. The summed E-state index contributed by atoms with van der Waals surface area (Å²) >= 11 is 5.43. The van der Waals surface area contributed by atoms with Crippen molar-refractivity contribution in [1.29, 1.82) is 0 Å². The first kappa shape index (κ1) is 16.5. The zero-order valence-corrected chi connectivity index (χ0v) is 15.3. The molecule has 6 heteroatoms. The lowest BCUT2D eigenvalue weighted by atomic mass is 10.1. The number of aromatic nitrogens is 2. The number of hydrogen-bond donors (Lipinski definition) is 1. The smallest absolute Gasteiger partial charge is 0.129 e. The number of likely N-dealkylation sites (N-methyl/N-ethyl adjacent to an activating group) is 1. The van der Waals surface area contributed by atoms with Crippen LogP contribution in [0.2, 0.25) is 0 Å². The maximum atomic E-state index is 5.30. The van der Waals surface area contributed by atoms with Crippen molar-refractivity contribution in [3.63, 3.8) is 0 Å². The quantitative estimate of drug-likeness (QED) is 0.806. The Labute approximate surface area is 138 Å². The molecule has 0 amide bonds. The summed E-state index contributed by atoms with van der Waals surface area (Å²) in [6.07, 6.45) is 1.84. The molecule has 2 aromatic rings. The summed E-state index contributed by atoms with van der Waals surface area (Å²) in [6, 6.07) is 2.39. The molecule has 0 saturated carbocycles. The van der Waals surface area contributed by atoms with E-state index in [4.69, 9.17) is 4.74 Å². The van der Waals surface area contributed by atoms with Crippen LogP contribution in [-0.4, -0.2) is 23.4 Å². The van der Waals surface area contributed by atoms with Crippen LogP contribution in [0, 0.1) is 0 Å². The van der Waals surface area contributed by atoms with E-state index in [0.717, 1.165) is 35.3 Å². The molecule has 4 nitrogen and oxygen atoms in total. The zero-order chi connectivity index (χ0) is 15.4. The third-order valence-electron chi connectivity index (χ3n) is 3.53. The van der Waals surface area contributed by atoms with E-state index in [0.29, 0.717) is 0 Å². The lowest BCUT2D eigenvalue weighted by Crippen LogP contribution is -2.23. The first-order valence-electron chi connectivity index (χ1n) is 7.16. The van der Waals surface area contributed by atoms with Crippen LogP contribution in [0.15, 0.2) is 15.9 Å². The number of rotatable bonds is 7. The highest BCUT2D eigenvalue weighted by atomic mass is 79.9. The van der Waals surface area contributed by atoms with Gasteiger partial charge in [0.1, 0.15) is 5.75 Å². The molecule has 0 aromatic carbocycles. The maximum Gasteiger partial charge on any atom is 0.129 e. The number of aryl methyl sites for hydroxylation is 2. The fourth-order valence-electron chi connectivity index (χ4n) is 2.38. The van der Waals surface area contributed by atoms with Crippen molar-refractivity contribution < 1.29 is 4.74 Å². The predicted molar refractivity (Wildman–Crippen MR) is 91.3 cm³/mol. The Balaban J connectivity index is 2.26. The lowest BCUT2D eigenvalue weighted by molar-refractivity contribution is 0.415. The Bertz CT molecular complexity index is 594. The van der Waals surface area contributed by atoms with Crippen LogP contribution < -0.4 is 10.1 Å². The molecule has 0 fully saturated rings. The van der Waals surface area contributed by atoms with Gasteiger partial charge < -0.3 is 10.1 Å². The van der Waals surface area contributed by atoms with E-state index in [2.05, 4.69) is 51.6 Å². The average Bonchev–Trinajstić information content (AvgIpc) is 3.05. The van der Waals surface area contributed by atoms with Crippen LogP contribution in [0.5, 0.6) is 5.75 Å². The summed E-state index contributed by atoms with van der Waals surface area (Å²) in [5.41, 5.74) is 2.34. The Hall–Kier alpha value is -0.850. The molecule has 0 aliphatic heterocycles. The van der Waals surface area contributed by atoms with Gasteiger partial charge in [0, 0.05) is 29.8 Å². The van der Waals surface area contributed by atoms with Crippen LogP contribution in [0.4, 0.5) is 0 Å². The molecule has 0 radical (unpaired) electrons. The molecule has 2 rings (SSSR count). The number of nitrogens with zero attached hydrogens (tertiary/aromatic N) is 2. The largest absolute Gasteiger partial charge is 0.496 e. The van der Waals surface area contributed by atoms with Crippen molar-refractivity contribution in [1.82, 2.24) is 15.1 Å². The van der Waals surface area contributed by atoms with E-state index < -0.39 is 0 Å². The monoisotopic (exact) mass is 371 g/mol. The molecule has 2 aromatic heterocycles. The van der Waals surface area contributed by atoms with E-state index in [1.807, 2.05) is 11.7 Å². The summed E-state index contributed by atoms with van der Waals surface area (Å²) in [5.74, 6) is 0.927. The summed E-state index contributed by atoms with van der Waals surface area (Å²) in [5, 5.41) is 10.2. The third-order valence-corrected chi connectivity index (χ3v) is 5.47. The van der Waals surface area contributed by atoms with E-state index in [9.17, 15) is 0 Å². The molecule has 2 heterocycles. The molecule has 1 N–H and O–H groups in total. The summed E-state index contributed by atoms with van der Waals surface area (Å²) in [7, 11) is 3.72. The molecular formula is C15H22BrN3OS. The molecule has 21 heavy (non-hydrogen) atoms. The van der Waals surface area contributed by atoms with Gasteiger partial charge >= 0.3 is 0 Å². The van der Waals surface area contributed by atoms with Gasteiger partial charge in [0.2, 0.25) is 0 Å². The van der Waals surface area contributed by atoms with Gasteiger partial charge in [-0.05, 0) is 35.0 Å². The van der Waals surface area contributed by atoms with Crippen molar-refractivity contribution in [2.45, 2.75) is 32.7 Å². The number of nitrogens with one attached hydrogen (secondary N) is 1. The Morgan fingerprint density at radius 2 is 2.24 bits per heavy atom. The van der Waals surface area contributed by atoms with Crippen molar-refractivity contribution in [2.24, 2.45) is 7.05 Å². The minimum atomic E-state index is 0.278. The van der Waals surface area contributed by atoms with Crippen molar-refractivity contribution in [2.75, 3.05) is 13.7 Å². The van der Waals surface area contributed by atoms with Gasteiger partial charge in [-0.3, -0.25) is 4.68 Å². The standard InChI is InChI=1S/C15H22BrN3OS/c1-5-11-15(16)13(19(3)18-11)8-12(17-6-2)14-7-10(20-4)9-21-14/h7,9,12,17H,5-6,8H2,1-4H3. The first-order chi connectivity index (χ1) is 10.1.